The lowest BCUT2D eigenvalue weighted by Crippen LogP contribution is -1.85. The quantitative estimate of drug-likeness (QED) is 0.508. The summed E-state index contributed by atoms with van der Waals surface area (Å²) in [6.07, 6.45) is 6.59. The van der Waals surface area contributed by atoms with Gasteiger partial charge in [0.1, 0.15) is 0 Å². The Morgan fingerprint density at radius 2 is 2.44 bits per heavy atom. The second kappa shape index (κ2) is 2.91. The van der Waals surface area contributed by atoms with E-state index in [1.807, 2.05) is 0 Å². The fourth-order valence-electron chi connectivity index (χ4n) is 0.510. The minimum atomic E-state index is 0.792. The van der Waals surface area contributed by atoms with E-state index >= 15 is 0 Å². The summed E-state index contributed by atoms with van der Waals surface area (Å²) in [5.41, 5.74) is 0.792. The highest BCUT2D eigenvalue weighted by Crippen LogP contribution is 1.82. The third-order valence-electron chi connectivity index (χ3n) is 0.845. The lowest BCUT2D eigenvalue weighted by atomic mass is 10.5. The fourth-order valence-corrected chi connectivity index (χ4v) is 0.510. The molecule has 0 atom stereocenters. The summed E-state index contributed by atoms with van der Waals surface area (Å²) in [6.45, 7) is 0. The van der Waals surface area contributed by atoms with Gasteiger partial charge in [0, 0.05) is 25.7 Å². The summed E-state index contributed by atoms with van der Waals surface area (Å²) in [5.74, 6) is 0. The Morgan fingerprint density at radius 3 is 3.00 bits per heavy atom. The van der Waals surface area contributed by atoms with Crippen LogP contribution in [0.4, 0.5) is 0 Å². The molecule has 0 spiro atoms. The van der Waals surface area contributed by atoms with Crippen molar-refractivity contribution in [2.45, 2.75) is 0 Å². The first-order valence-corrected chi connectivity index (χ1v) is 2.61. The normalized spacial score (nSPS) is 10.3. The molecule has 0 aromatic carbocycles. The van der Waals surface area contributed by atoms with Gasteiger partial charge >= 0.3 is 0 Å². The van der Waals surface area contributed by atoms with Crippen molar-refractivity contribution in [1.82, 2.24) is 9.97 Å². The number of aromatic nitrogens is 2. The minimum Gasteiger partial charge on any atom is -0.294 e. The first-order chi connectivity index (χ1) is 4.43. The van der Waals surface area contributed by atoms with E-state index in [1.54, 1.807) is 31.9 Å². The molecule has 0 amide bonds. The summed E-state index contributed by atoms with van der Waals surface area (Å²) in [7, 11) is 1.70. The molecule has 3 nitrogen and oxygen atoms in total. The number of rotatable bonds is 1. The Labute approximate surface area is 53.5 Å². The van der Waals surface area contributed by atoms with Crippen LogP contribution in [0.3, 0.4) is 0 Å². The van der Waals surface area contributed by atoms with Gasteiger partial charge in [0.2, 0.25) is 0 Å². The second-order valence-corrected chi connectivity index (χ2v) is 1.52. The average molecular weight is 121 g/mol. The van der Waals surface area contributed by atoms with Crippen molar-refractivity contribution in [3.8, 4) is 0 Å². The zero-order valence-electron chi connectivity index (χ0n) is 5.15. The van der Waals surface area contributed by atoms with Crippen LogP contribution in [0.5, 0.6) is 0 Å². The first kappa shape index (κ1) is 5.88. The topological polar surface area (TPSA) is 38.1 Å². The van der Waals surface area contributed by atoms with Crippen molar-refractivity contribution in [3.05, 3.63) is 24.3 Å². The van der Waals surface area contributed by atoms with E-state index in [1.165, 1.54) is 0 Å². The maximum atomic E-state index is 3.96. The van der Waals surface area contributed by atoms with E-state index in [0.717, 1.165) is 5.69 Å². The molecular weight excluding hydrogens is 114 g/mol. The molecule has 3 heteroatoms. The molecule has 0 saturated heterocycles. The van der Waals surface area contributed by atoms with Gasteiger partial charge in [-0.05, 0) is 0 Å². The average Bonchev–Trinajstić information content (AvgIpc) is 1.91. The standard InChI is InChI=1S/C6H7N3/c1-7-4-6-5-8-2-3-9-6/h2-5H,1H3/b7-4-. The van der Waals surface area contributed by atoms with Gasteiger partial charge < -0.3 is 0 Å². The van der Waals surface area contributed by atoms with Crippen LogP contribution < -0.4 is 0 Å². The van der Waals surface area contributed by atoms with E-state index in [-0.39, 0.29) is 0 Å². The van der Waals surface area contributed by atoms with Gasteiger partial charge in [-0.25, -0.2) is 0 Å². The van der Waals surface area contributed by atoms with Gasteiger partial charge in [-0.3, -0.25) is 15.0 Å². The molecule has 1 heterocycles. The van der Waals surface area contributed by atoms with Crippen LogP contribution >= 0.6 is 0 Å². The predicted molar refractivity (Wildman–Crippen MR) is 35.6 cm³/mol. The smallest absolute Gasteiger partial charge is 0.0990 e. The van der Waals surface area contributed by atoms with Crippen molar-refractivity contribution >= 4 is 6.21 Å². The van der Waals surface area contributed by atoms with Crippen LogP contribution in [-0.4, -0.2) is 23.2 Å². The minimum absolute atomic E-state index is 0.792. The monoisotopic (exact) mass is 121 g/mol. The highest BCUT2D eigenvalue weighted by Gasteiger charge is 1.81. The van der Waals surface area contributed by atoms with Gasteiger partial charge in [0.15, 0.2) is 0 Å². The number of hydrogen-bond acceptors (Lipinski definition) is 3. The SMILES string of the molecule is C/N=C\c1cnccn1. The van der Waals surface area contributed by atoms with E-state index in [0.29, 0.717) is 0 Å². The van der Waals surface area contributed by atoms with Gasteiger partial charge in [0.25, 0.3) is 0 Å². The molecule has 46 valence electrons. The molecular formula is C6H7N3. The molecule has 0 aliphatic heterocycles. The molecule has 0 aliphatic carbocycles. The lowest BCUT2D eigenvalue weighted by molar-refractivity contribution is 1.18. The van der Waals surface area contributed by atoms with E-state index in [4.69, 9.17) is 0 Å². The van der Waals surface area contributed by atoms with Gasteiger partial charge in [-0.15, -0.1) is 0 Å². The maximum absolute atomic E-state index is 3.96. The van der Waals surface area contributed by atoms with Crippen molar-refractivity contribution in [3.63, 3.8) is 0 Å². The van der Waals surface area contributed by atoms with E-state index in [9.17, 15) is 0 Å². The van der Waals surface area contributed by atoms with E-state index < -0.39 is 0 Å². The zero-order chi connectivity index (χ0) is 6.53. The molecule has 1 aromatic rings. The Hall–Kier alpha value is -1.25. The van der Waals surface area contributed by atoms with E-state index in [2.05, 4.69) is 15.0 Å². The molecule has 1 rings (SSSR count). The molecule has 0 unspecified atom stereocenters. The first-order valence-electron chi connectivity index (χ1n) is 2.61. The van der Waals surface area contributed by atoms with Crippen LogP contribution in [0.25, 0.3) is 0 Å². The molecule has 9 heavy (non-hydrogen) atoms. The highest BCUT2D eigenvalue weighted by atomic mass is 14.8. The maximum Gasteiger partial charge on any atom is 0.0990 e. The number of nitrogens with zero attached hydrogens (tertiary/aromatic N) is 3. The zero-order valence-corrected chi connectivity index (χ0v) is 5.15. The Kier molecular flexibility index (Phi) is 1.90. The van der Waals surface area contributed by atoms with Crippen molar-refractivity contribution in [1.29, 1.82) is 0 Å². The van der Waals surface area contributed by atoms with Crippen LogP contribution in [0.1, 0.15) is 5.69 Å². The van der Waals surface area contributed by atoms with Crippen LogP contribution in [-0.2, 0) is 0 Å². The summed E-state index contributed by atoms with van der Waals surface area (Å²) in [6, 6.07) is 0. The molecule has 0 saturated carbocycles. The lowest BCUT2D eigenvalue weighted by Gasteiger charge is -1.84. The molecule has 1 aromatic heterocycles. The van der Waals surface area contributed by atoms with Crippen molar-refractivity contribution < 1.29 is 0 Å². The Balaban J connectivity index is 2.85. The molecule has 0 N–H and O–H groups in total. The van der Waals surface area contributed by atoms with Crippen LogP contribution in [0, 0.1) is 0 Å². The van der Waals surface area contributed by atoms with Crippen LogP contribution in [0.2, 0.25) is 0 Å². The molecule has 0 aliphatic rings. The third-order valence-corrected chi connectivity index (χ3v) is 0.845. The Morgan fingerprint density at radius 1 is 1.56 bits per heavy atom. The van der Waals surface area contributed by atoms with Crippen molar-refractivity contribution in [2.24, 2.45) is 4.99 Å². The Bertz CT molecular complexity index is 193. The largest absolute Gasteiger partial charge is 0.294 e. The van der Waals surface area contributed by atoms with Crippen LogP contribution in [0.15, 0.2) is 23.6 Å². The molecule has 0 fully saturated rings. The molecule has 0 bridgehead atoms. The second-order valence-electron chi connectivity index (χ2n) is 1.52. The molecule has 0 radical (unpaired) electrons. The van der Waals surface area contributed by atoms with Gasteiger partial charge in [-0.1, -0.05) is 0 Å². The summed E-state index contributed by atoms with van der Waals surface area (Å²) in [4.78, 5) is 11.6. The highest BCUT2D eigenvalue weighted by molar-refractivity contribution is 5.75. The number of hydrogen-bond donors (Lipinski definition) is 0. The summed E-state index contributed by atoms with van der Waals surface area (Å²) in [5, 5.41) is 0. The summed E-state index contributed by atoms with van der Waals surface area (Å²) < 4.78 is 0. The number of aliphatic imine (C=N–C) groups is 1. The van der Waals surface area contributed by atoms with Crippen molar-refractivity contribution in [2.75, 3.05) is 7.05 Å². The van der Waals surface area contributed by atoms with Gasteiger partial charge in [-0.2, -0.15) is 0 Å². The predicted octanol–water partition coefficient (Wildman–Crippen LogP) is 0.525. The third kappa shape index (κ3) is 1.60. The summed E-state index contributed by atoms with van der Waals surface area (Å²) >= 11 is 0. The fraction of sp³-hybridized carbons (Fsp3) is 0.167. The van der Waals surface area contributed by atoms with Gasteiger partial charge in [0.05, 0.1) is 11.9 Å².